The molecule has 0 aliphatic rings. The summed E-state index contributed by atoms with van der Waals surface area (Å²) in [6.07, 6.45) is 0. The SMILES string of the molecule is Cc1noc(C)c1Cn1c(C)c(C(=O)N(C)Cc2ccc(F)cc2)sc1=O. The highest BCUT2D eigenvalue weighted by Crippen LogP contribution is 2.19. The molecule has 142 valence electrons. The molecule has 2 aromatic heterocycles. The van der Waals surface area contributed by atoms with Crippen LogP contribution in [-0.2, 0) is 13.1 Å². The monoisotopic (exact) mass is 389 g/mol. The fraction of sp³-hybridized carbons (Fsp3) is 0.316. The van der Waals surface area contributed by atoms with Crippen molar-refractivity contribution < 1.29 is 13.7 Å². The number of hydrogen-bond donors (Lipinski definition) is 0. The Morgan fingerprint density at radius 2 is 1.93 bits per heavy atom. The van der Waals surface area contributed by atoms with Crippen LogP contribution in [0.15, 0.2) is 33.6 Å². The lowest BCUT2D eigenvalue weighted by Crippen LogP contribution is -2.26. The third-order valence-electron chi connectivity index (χ3n) is 4.51. The summed E-state index contributed by atoms with van der Waals surface area (Å²) in [4.78, 5) is 27.0. The summed E-state index contributed by atoms with van der Waals surface area (Å²) < 4.78 is 19.7. The van der Waals surface area contributed by atoms with Gasteiger partial charge in [-0.1, -0.05) is 28.6 Å². The van der Waals surface area contributed by atoms with Crippen molar-refractivity contribution in [3.8, 4) is 0 Å². The summed E-state index contributed by atoms with van der Waals surface area (Å²) in [5.41, 5.74) is 3.00. The van der Waals surface area contributed by atoms with Gasteiger partial charge in [0.2, 0.25) is 0 Å². The van der Waals surface area contributed by atoms with E-state index in [0.29, 0.717) is 29.4 Å². The molecular formula is C19H20FN3O3S. The molecular weight excluding hydrogens is 369 g/mol. The highest BCUT2D eigenvalue weighted by atomic mass is 32.1. The lowest BCUT2D eigenvalue weighted by Gasteiger charge is -2.17. The Labute approximate surface area is 159 Å². The highest BCUT2D eigenvalue weighted by molar-refractivity contribution is 7.11. The standard InChI is InChI=1S/C19H20FN3O3S/c1-11-16(13(3)26-21-11)10-23-12(2)17(27-19(23)25)18(24)22(4)9-14-5-7-15(20)8-6-14/h5-8H,9-10H2,1-4H3. The minimum absolute atomic E-state index is 0.203. The molecule has 1 aromatic carbocycles. The summed E-state index contributed by atoms with van der Waals surface area (Å²) in [7, 11) is 1.66. The van der Waals surface area contributed by atoms with Gasteiger partial charge in [-0.15, -0.1) is 0 Å². The summed E-state index contributed by atoms with van der Waals surface area (Å²) in [5, 5.41) is 3.91. The highest BCUT2D eigenvalue weighted by Gasteiger charge is 2.22. The van der Waals surface area contributed by atoms with Crippen LogP contribution in [-0.4, -0.2) is 27.6 Å². The first-order valence-electron chi connectivity index (χ1n) is 8.39. The van der Waals surface area contributed by atoms with Crippen molar-refractivity contribution in [3.05, 3.63) is 72.9 Å². The van der Waals surface area contributed by atoms with Gasteiger partial charge in [-0.2, -0.15) is 0 Å². The van der Waals surface area contributed by atoms with Crippen LogP contribution in [0.1, 0.15) is 37.9 Å². The molecule has 0 aliphatic carbocycles. The van der Waals surface area contributed by atoms with E-state index in [0.717, 1.165) is 28.2 Å². The molecule has 0 atom stereocenters. The van der Waals surface area contributed by atoms with Crippen molar-refractivity contribution in [3.63, 3.8) is 0 Å². The van der Waals surface area contributed by atoms with E-state index in [1.165, 1.54) is 17.0 Å². The molecule has 6 nitrogen and oxygen atoms in total. The third kappa shape index (κ3) is 3.85. The van der Waals surface area contributed by atoms with Crippen molar-refractivity contribution in [2.45, 2.75) is 33.9 Å². The molecule has 8 heteroatoms. The van der Waals surface area contributed by atoms with Gasteiger partial charge in [0.1, 0.15) is 16.5 Å². The number of nitrogens with zero attached hydrogens (tertiary/aromatic N) is 3. The molecule has 3 rings (SSSR count). The Balaban J connectivity index is 1.83. The predicted octanol–water partition coefficient (Wildman–Crippen LogP) is 3.28. The van der Waals surface area contributed by atoms with Gasteiger partial charge in [-0.05, 0) is 38.5 Å². The van der Waals surface area contributed by atoms with Gasteiger partial charge in [0.05, 0.1) is 12.2 Å². The smallest absolute Gasteiger partial charge is 0.308 e. The molecule has 2 heterocycles. The van der Waals surface area contributed by atoms with E-state index < -0.39 is 0 Å². The van der Waals surface area contributed by atoms with Crippen LogP contribution < -0.4 is 4.87 Å². The molecule has 0 radical (unpaired) electrons. The minimum Gasteiger partial charge on any atom is -0.361 e. The van der Waals surface area contributed by atoms with Crippen LogP contribution >= 0.6 is 11.3 Å². The zero-order chi connectivity index (χ0) is 19.7. The Hall–Kier alpha value is -2.74. The first kappa shape index (κ1) is 19.0. The van der Waals surface area contributed by atoms with E-state index in [4.69, 9.17) is 4.52 Å². The molecule has 0 bridgehead atoms. The Morgan fingerprint density at radius 3 is 2.52 bits per heavy atom. The normalized spacial score (nSPS) is 11.0. The third-order valence-corrected chi connectivity index (χ3v) is 5.58. The number of rotatable bonds is 5. The minimum atomic E-state index is -0.321. The molecule has 1 amide bonds. The lowest BCUT2D eigenvalue weighted by molar-refractivity contribution is 0.0788. The zero-order valence-corrected chi connectivity index (χ0v) is 16.4. The van der Waals surface area contributed by atoms with Gasteiger partial charge in [-0.25, -0.2) is 4.39 Å². The first-order valence-corrected chi connectivity index (χ1v) is 9.21. The number of aromatic nitrogens is 2. The quantitative estimate of drug-likeness (QED) is 0.672. The number of thiazole rings is 1. The zero-order valence-electron chi connectivity index (χ0n) is 15.6. The molecule has 0 saturated carbocycles. The number of amides is 1. The largest absolute Gasteiger partial charge is 0.361 e. The average molecular weight is 389 g/mol. The van der Waals surface area contributed by atoms with Crippen molar-refractivity contribution in [1.29, 1.82) is 0 Å². The number of halogens is 1. The summed E-state index contributed by atoms with van der Waals surface area (Å²) in [5.74, 6) is 0.0981. The van der Waals surface area contributed by atoms with Gasteiger partial charge in [0, 0.05) is 24.8 Å². The fourth-order valence-corrected chi connectivity index (χ4v) is 3.84. The second kappa shape index (κ2) is 7.48. The van der Waals surface area contributed by atoms with E-state index in [-0.39, 0.29) is 16.6 Å². The van der Waals surface area contributed by atoms with Crippen molar-refractivity contribution >= 4 is 17.2 Å². The second-order valence-corrected chi connectivity index (χ2v) is 7.42. The van der Waals surface area contributed by atoms with Crippen LogP contribution in [0, 0.1) is 26.6 Å². The van der Waals surface area contributed by atoms with E-state index in [9.17, 15) is 14.0 Å². The summed E-state index contributed by atoms with van der Waals surface area (Å²) >= 11 is 0.929. The molecule has 27 heavy (non-hydrogen) atoms. The van der Waals surface area contributed by atoms with E-state index in [1.54, 1.807) is 37.6 Å². The molecule has 0 unspecified atom stereocenters. The van der Waals surface area contributed by atoms with Crippen LogP contribution in [0.4, 0.5) is 4.39 Å². The number of carbonyl (C=O) groups excluding carboxylic acids is 1. The van der Waals surface area contributed by atoms with Crippen molar-refractivity contribution in [2.24, 2.45) is 0 Å². The molecule has 0 aliphatic heterocycles. The topological polar surface area (TPSA) is 68.3 Å². The van der Waals surface area contributed by atoms with Crippen LogP contribution in [0.5, 0.6) is 0 Å². The number of hydrogen-bond acceptors (Lipinski definition) is 5. The van der Waals surface area contributed by atoms with Crippen LogP contribution in [0.2, 0.25) is 0 Å². The maximum atomic E-state index is 13.0. The summed E-state index contributed by atoms with van der Waals surface area (Å²) in [6.45, 7) is 6.02. The van der Waals surface area contributed by atoms with Gasteiger partial charge in [-0.3, -0.25) is 14.2 Å². The second-order valence-electron chi connectivity index (χ2n) is 6.46. The average Bonchev–Trinajstić information content (AvgIpc) is 3.10. The first-order chi connectivity index (χ1) is 12.8. The number of benzene rings is 1. The molecule has 0 N–H and O–H groups in total. The van der Waals surface area contributed by atoms with Crippen LogP contribution in [0.3, 0.4) is 0 Å². The Morgan fingerprint density at radius 1 is 1.26 bits per heavy atom. The molecule has 0 spiro atoms. The lowest BCUT2D eigenvalue weighted by atomic mass is 10.2. The van der Waals surface area contributed by atoms with E-state index >= 15 is 0 Å². The van der Waals surface area contributed by atoms with Gasteiger partial charge < -0.3 is 9.42 Å². The Bertz CT molecular complexity index is 1010. The fourth-order valence-electron chi connectivity index (χ4n) is 2.85. The van der Waals surface area contributed by atoms with Crippen molar-refractivity contribution in [1.82, 2.24) is 14.6 Å². The van der Waals surface area contributed by atoms with Crippen LogP contribution in [0.25, 0.3) is 0 Å². The van der Waals surface area contributed by atoms with Gasteiger partial charge >= 0.3 is 4.87 Å². The molecule has 3 aromatic rings. The summed E-state index contributed by atoms with van der Waals surface area (Å²) in [6, 6.07) is 5.99. The molecule has 0 saturated heterocycles. The number of aryl methyl sites for hydroxylation is 2. The molecule has 0 fully saturated rings. The van der Waals surface area contributed by atoms with E-state index in [1.807, 2.05) is 6.92 Å². The van der Waals surface area contributed by atoms with Gasteiger partial charge in [0.25, 0.3) is 5.91 Å². The predicted molar refractivity (Wildman–Crippen MR) is 101 cm³/mol. The van der Waals surface area contributed by atoms with Gasteiger partial charge in [0.15, 0.2) is 0 Å². The number of carbonyl (C=O) groups is 1. The Kier molecular flexibility index (Phi) is 5.27. The maximum Gasteiger partial charge on any atom is 0.308 e. The van der Waals surface area contributed by atoms with Crippen molar-refractivity contribution in [2.75, 3.05) is 7.05 Å². The van der Waals surface area contributed by atoms with E-state index in [2.05, 4.69) is 5.16 Å². The maximum absolute atomic E-state index is 13.0.